The van der Waals surface area contributed by atoms with E-state index in [0.29, 0.717) is 17.3 Å². The lowest BCUT2D eigenvalue weighted by Gasteiger charge is -2.14. The quantitative estimate of drug-likeness (QED) is 0.0701. The minimum absolute atomic E-state index is 0.0472. The van der Waals surface area contributed by atoms with E-state index in [1.54, 1.807) is 19.9 Å². The molecule has 1 amide bonds. The van der Waals surface area contributed by atoms with Gasteiger partial charge in [-0.15, -0.1) is 5.11 Å². The standard InChI is InChI=1S/C35H31N7O11S2/c1-4-42-34(45)27(18-36)20(3)32(35(42)46)41-38-23-8-5-21(6-9-23)33(44)37-29-13-19(2)28(17-30(29)53-12-11-43)40-39-24-10-7-22-14-25(54(47,48)49)16-31(26(22)15-24)55(50,51)52/h5-10,13-17,43,46H,4,11-12H2,1-3H3,(H,37,44)(H,47,48,49)(H,50,51,52)/b40-39+,41-38+. The van der Waals surface area contributed by atoms with E-state index in [1.807, 2.05) is 6.07 Å². The molecule has 0 radical (unpaired) electrons. The number of ether oxygens (including phenoxy) is 1. The summed E-state index contributed by atoms with van der Waals surface area (Å²) in [5, 5.41) is 48.6. The van der Waals surface area contributed by atoms with Crippen LogP contribution in [0.15, 0.2) is 102 Å². The van der Waals surface area contributed by atoms with Gasteiger partial charge in [0.05, 0.1) is 34.3 Å². The summed E-state index contributed by atoms with van der Waals surface area (Å²) in [7, 11) is -9.73. The van der Waals surface area contributed by atoms with Gasteiger partial charge in [-0.25, -0.2) is 0 Å². The van der Waals surface area contributed by atoms with Gasteiger partial charge in [0, 0.05) is 29.1 Å². The van der Waals surface area contributed by atoms with E-state index in [2.05, 4.69) is 25.8 Å². The molecule has 5 rings (SSSR count). The summed E-state index contributed by atoms with van der Waals surface area (Å²) in [6.45, 7) is 4.38. The lowest BCUT2D eigenvalue weighted by molar-refractivity contribution is 0.102. The summed E-state index contributed by atoms with van der Waals surface area (Å²) in [5.41, 5.74) is 0.917. The first kappa shape index (κ1) is 39.8. The Morgan fingerprint density at radius 1 is 0.909 bits per heavy atom. The molecule has 284 valence electrons. The Bertz CT molecular complexity index is 2740. The van der Waals surface area contributed by atoms with Crippen LogP contribution in [-0.2, 0) is 26.8 Å². The number of fused-ring (bicyclic) bond motifs is 1. The molecule has 1 heterocycles. The Morgan fingerprint density at radius 2 is 1.58 bits per heavy atom. The van der Waals surface area contributed by atoms with Crippen molar-refractivity contribution >= 4 is 65.4 Å². The molecule has 0 bridgehead atoms. The van der Waals surface area contributed by atoms with E-state index in [-0.39, 0.29) is 75.7 Å². The third-order valence-corrected chi connectivity index (χ3v) is 9.82. The lowest BCUT2D eigenvalue weighted by atomic mass is 10.1. The van der Waals surface area contributed by atoms with Crippen LogP contribution in [0.5, 0.6) is 11.6 Å². The summed E-state index contributed by atoms with van der Waals surface area (Å²) in [4.78, 5) is 24.2. The normalized spacial score (nSPS) is 12.0. The molecule has 0 aliphatic rings. The molecule has 0 fully saturated rings. The molecule has 0 spiro atoms. The Kier molecular flexibility index (Phi) is 11.5. The minimum Gasteiger partial charge on any atom is -0.493 e. The van der Waals surface area contributed by atoms with Crippen LogP contribution in [0, 0.1) is 25.2 Å². The number of aliphatic hydroxyl groups excluding tert-OH is 1. The summed E-state index contributed by atoms with van der Waals surface area (Å²) in [5.74, 6) is -0.860. The summed E-state index contributed by atoms with van der Waals surface area (Å²) in [6.07, 6.45) is 0. The van der Waals surface area contributed by atoms with Crippen LogP contribution in [0.2, 0.25) is 0 Å². The zero-order chi connectivity index (χ0) is 40.2. The van der Waals surface area contributed by atoms with Crippen molar-refractivity contribution in [1.82, 2.24) is 4.57 Å². The maximum absolute atomic E-state index is 13.3. The second-order valence-electron chi connectivity index (χ2n) is 11.7. The molecule has 0 saturated heterocycles. The highest BCUT2D eigenvalue weighted by atomic mass is 32.2. The van der Waals surface area contributed by atoms with Gasteiger partial charge in [0.25, 0.3) is 31.7 Å². The van der Waals surface area contributed by atoms with Gasteiger partial charge in [-0.1, -0.05) is 6.07 Å². The van der Waals surface area contributed by atoms with Gasteiger partial charge in [0.15, 0.2) is 5.69 Å². The number of hydrogen-bond acceptors (Lipinski definition) is 14. The number of aliphatic hydroxyl groups is 1. The van der Waals surface area contributed by atoms with Gasteiger partial charge >= 0.3 is 0 Å². The van der Waals surface area contributed by atoms with E-state index in [0.717, 1.165) is 10.6 Å². The molecule has 0 aliphatic carbocycles. The van der Waals surface area contributed by atoms with Gasteiger partial charge in [-0.2, -0.15) is 37.4 Å². The zero-order valence-electron chi connectivity index (χ0n) is 29.1. The number of nitrogens with zero attached hydrogens (tertiary/aromatic N) is 6. The average Bonchev–Trinajstić information content (AvgIpc) is 3.13. The number of rotatable bonds is 12. The monoisotopic (exact) mass is 789 g/mol. The maximum Gasteiger partial charge on any atom is 0.295 e. The number of nitrogens with one attached hydrogen (secondary N) is 1. The Hall–Kier alpha value is -6.37. The molecule has 18 nitrogen and oxygen atoms in total. The first-order valence-electron chi connectivity index (χ1n) is 16.0. The number of carbonyl (C=O) groups is 1. The molecular weight excluding hydrogens is 759 g/mol. The predicted octanol–water partition coefficient (Wildman–Crippen LogP) is 6.16. The van der Waals surface area contributed by atoms with Gasteiger partial charge < -0.3 is 20.3 Å². The number of amides is 1. The van der Waals surface area contributed by atoms with Crippen molar-refractivity contribution in [3.63, 3.8) is 0 Å². The van der Waals surface area contributed by atoms with E-state index in [4.69, 9.17) is 4.74 Å². The minimum atomic E-state index is -4.93. The van der Waals surface area contributed by atoms with Crippen molar-refractivity contribution in [3.8, 4) is 17.7 Å². The number of pyridine rings is 1. The number of aromatic nitrogens is 1. The molecule has 5 N–H and O–H groups in total. The van der Waals surface area contributed by atoms with Crippen molar-refractivity contribution in [2.45, 2.75) is 37.1 Å². The molecule has 20 heteroatoms. The topological polar surface area (TPSA) is 283 Å². The molecule has 0 saturated carbocycles. The van der Waals surface area contributed by atoms with Crippen LogP contribution in [0.4, 0.5) is 28.4 Å². The molecule has 55 heavy (non-hydrogen) atoms. The lowest BCUT2D eigenvalue weighted by Crippen LogP contribution is -2.23. The number of aryl methyl sites for hydroxylation is 1. The van der Waals surface area contributed by atoms with E-state index >= 15 is 0 Å². The van der Waals surface area contributed by atoms with Crippen molar-refractivity contribution < 1.29 is 45.7 Å². The number of nitriles is 1. The van der Waals surface area contributed by atoms with Crippen LogP contribution < -0.4 is 15.6 Å². The fraction of sp³-hybridized carbons (Fsp3) is 0.171. The van der Waals surface area contributed by atoms with Crippen LogP contribution >= 0.6 is 0 Å². The SMILES string of the molecule is CCn1c(O)c(/N=N/c2ccc(C(=O)Nc3cc(C)c(/N=N/c4ccc5cc(S(=O)(=O)O)cc(S(=O)(=O)O)c5c4)cc3OCCO)cc2)c(C)c(C#N)c1=O. The summed E-state index contributed by atoms with van der Waals surface area (Å²) < 4.78 is 73.3. The molecule has 0 unspecified atom stereocenters. The number of benzene rings is 4. The van der Waals surface area contributed by atoms with Crippen molar-refractivity contribution in [2.75, 3.05) is 18.5 Å². The highest BCUT2D eigenvalue weighted by Crippen LogP contribution is 2.36. The molecule has 0 aliphatic heterocycles. The zero-order valence-corrected chi connectivity index (χ0v) is 30.8. The van der Waals surface area contributed by atoms with Crippen LogP contribution in [0.25, 0.3) is 10.8 Å². The first-order chi connectivity index (χ1) is 26.0. The molecule has 1 aromatic heterocycles. The van der Waals surface area contributed by atoms with E-state index in [1.165, 1.54) is 55.5 Å². The highest BCUT2D eigenvalue weighted by Gasteiger charge is 2.22. The van der Waals surface area contributed by atoms with Crippen LogP contribution in [0.3, 0.4) is 0 Å². The number of azo groups is 2. The fourth-order valence-corrected chi connectivity index (χ4v) is 6.66. The molecule has 4 aromatic carbocycles. The van der Waals surface area contributed by atoms with E-state index in [9.17, 15) is 51.0 Å². The average molecular weight is 790 g/mol. The first-order valence-corrected chi connectivity index (χ1v) is 18.9. The summed E-state index contributed by atoms with van der Waals surface area (Å²) >= 11 is 0. The van der Waals surface area contributed by atoms with Crippen LogP contribution in [0.1, 0.15) is 34.0 Å². The molecule has 5 aromatic rings. The largest absolute Gasteiger partial charge is 0.493 e. The number of hydrogen-bond donors (Lipinski definition) is 5. The third kappa shape index (κ3) is 8.72. The number of anilines is 1. The Balaban J connectivity index is 1.40. The fourth-order valence-electron chi connectivity index (χ4n) is 5.31. The van der Waals surface area contributed by atoms with Crippen molar-refractivity contribution in [2.24, 2.45) is 20.5 Å². The number of aromatic hydroxyl groups is 1. The number of carbonyl (C=O) groups excluding carboxylic acids is 1. The van der Waals surface area contributed by atoms with Crippen LogP contribution in [-0.4, -0.2) is 59.8 Å². The molecular formula is C35H31N7O11S2. The van der Waals surface area contributed by atoms with Gasteiger partial charge in [-0.05, 0) is 86.3 Å². The Labute approximate surface area is 313 Å². The third-order valence-electron chi connectivity index (χ3n) is 8.10. The van der Waals surface area contributed by atoms with Gasteiger partial charge in [-0.3, -0.25) is 23.3 Å². The second kappa shape index (κ2) is 15.9. The summed E-state index contributed by atoms with van der Waals surface area (Å²) in [6, 6.07) is 16.4. The smallest absolute Gasteiger partial charge is 0.295 e. The molecule has 0 atom stereocenters. The highest BCUT2D eigenvalue weighted by molar-refractivity contribution is 7.86. The van der Waals surface area contributed by atoms with Crippen molar-refractivity contribution in [1.29, 1.82) is 5.26 Å². The maximum atomic E-state index is 13.3. The van der Waals surface area contributed by atoms with E-state index < -0.39 is 47.4 Å². The Morgan fingerprint density at radius 3 is 2.20 bits per heavy atom. The van der Waals surface area contributed by atoms with Gasteiger partial charge in [0.2, 0.25) is 5.88 Å². The van der Waals surface area contributed by atoms with Crippen molar-refractivity contribution in [3.05, 3.63) is 99.3 Å². The predicted molar refractivity (Wildman–Crippen MR) is 198 cm³/mol. The second-order valence-corrected chi connectivity index (χ2v) is 14.5. The van der Waals surface area contributed by atoms with Gasteiger partial charge in [0.1, 0.15) is 28.9 Å².